The van der Waals surface area contributed by atoms with Gasteiger partial charge in [0.15, 0.2) is 0 Å². The lowest BCUT2D eigenvalue weighted by atomic mass is 9.84. The van der Waals surface area contributed by atoms with Crippen LogP contribution >= 0.6 is 15.9 Å². The number of hydrogen-bond donors (Lipinski definition) is 1. The SMILES string of the molecule is CC(NCc1cc(Br)ccc1OC(F)F)C1CCCCC1. The minimum absolute atomic E-state index is 0.247. The Morgan fingerprint density at radius 1 is 1.29 bits per heavy atom. The van der Waals surface area contributed by atoms with Crippen LogP contribution in [0.4, 0.5) is 8.78 Å². The molecule has 1 saturated carbocycles. The highest BCUT2D eigenvalue weighted by Gasteiger charge is 2.20. The molecule has 5 heteroatoms. The van der Waals surface area contributed by atoms with Crippen molar-refractivity contribution in [2.24, 2.45) is 5.92 Å². The zero-order valence-corrected chi connectivity index (χ0v) is 13.8. The van der Waals surface area contributed by atoms with Crippen LogP contribution in [0.1, 0.15) is 44.6 Å². The zero-order chi connectivity index (χ0) is 15.2. The first kappa shape index (κ1) is 16.7. The third kappa shape index (κ3) is 5.22. The average molecular weight is 362 g/mol. The van der Waals surface area contributed by atoms with Gasteiger partial charge in [-0.15, -0.1) is 0 Å². The van der Waals surface area contributed by atoms with Crippen molar-refractivity contribution in [1.29, 1.82) is 0 Å². The molecule has 1 atom stereocenters. The van der Waals surface area contributed by atoms with Gasteiger partial charge in [0.2, 0.25) is 0 Å². The molecule has 0 spiro atoms. The van der Waals surface area contributed by atoms with Crippen molar-refractivity contribution in [3.05, 3.63) is 28.2 Å². The smallest absolute Gasteiger partial charge is 0.387 e. The summed E-state index contributed by atoms with van der Waals surface area (Å²) < 4.78 is 30.3. The van der Waals surface area contributed by atoms with Gasteiger partial charge in [-0.05, 0) is 43.9 Å². The quantitative estimate of drug-likeness (QED) is 0.759. The molecule has 1 aromatic rings. The van der Waals surface area contributed by atoms with Gasteiger partial charge in [0.25, 0.3) is 0 Å². The standard InChI is InChI=1S/C16H22BrF2NO/c1-11(12-5-3-2-4-6-12)20-10-13-9-14(17)7-8-15(13)21-16(18)19/h7-9,11-12,16,20H,2-6,10H2,1H3. The molecule has 1 aliphatic carbocycles. The predicted molar refractivity (Wildman–Crippen MR) is 83.7 cm³/mol. The van der Waals surface area contributed by atoms with Crippen LogP contribution in [0, 0.1) is 5.92 Å². The Kier molecular flexibility index (Phi) is 6.42. The van der Waals surface area contributed by atoms with E-state index in [1.54, 1.807) is 12.1 Å². The topological polar surface area (TPSA) is 21.3 Å². The second-order valence-corrected chi connectivity index (χ2v) is 6.61. The average Bonchev–Trinajstić information content (AvgIpc) is 2.47. The molecule has 0 bridgehead atoms. The van der Waals surface area contributed by atoms with Gasteiger partial charge in [0, 0.05) is 22.6 Å². The van der Waals surface area contributed by atoms with Crippen molar-refractivity contribution in [2.75, 3.05) is 0 Å². The molecule has 0 aliphatic heterocycles. The molecule has 0 saturated heterocycles. The highest BCUT2D eigenvalue weighted by Crippen LogP contribution is 2.28. The molecule has 0 amide bonds. The minimum atomic E-state index is -2.79. The molecule has 21 heavy (non-hydrogen) atoms. The molecule has 1 fully saturated rings. The Balaban J connectivity index is 1.96. The number of rotatable bonds is 6. The van der Waals surface area contributed by atoms with E-state index in [-0.39, 0.29) is 5.75 Å². The van der Waals surface area contributed by atoms with Gasteiger partial charge in [-0.1, -0.05) is 35.2 Å². The van der Waals surface area contributed by atoms with Crippen LogP contribution in [0.2, 0.25) is 0 Å². The Labute approximate surface area is 133 Å². The van der Waals surface area contributed by atoms with Gasteiger partial charge in [0.05, 0.1) is 0 Å². The van der Waals surface area contributed by atoms with E-state index in [0.717, 1.165) is 10.0 Å². The molecular weight excluding hydrogens is 340 g/mol. The number of alkyl halides is 2. The summed E-state index contributed by atoms with van der Waals surface area (Å²) in [4.78, 5) is 0. The summed E-state index contributed by atoms with van der Waals surface area (Å²) in [6.45, 7) is -0.0680. The van der Waals surface area contributed by atoms with Crippen LogP contribution in [0.5, 0.6) is 5.75 Å². The highest BCUT2D eigenvalue weighted by molar-refractivity contribution is 9.10. The predicted octanol–water partition coefficient (Wildman–Crippen LogP) is 5.11. The van der Waals surface area contributed by atoms with E-state index in [1.807, 2.05) is 6.07 Å². The second-order valence-electron chi connectivity index (χ2n) is 5.70. The van der Waals surface area contributed by atoms with Crippen molar-refractivity contribution in [2.45, 2.75) is 58.2 Å². The largest absolute Gasteiger partial charge is 0.434 e. The Morgan fingerprint density at radius 2 is 2.00 bits per heavy atom. The molecule has 2 rings (SSSR count). The lowest BCUT2D eigenvalue weighted by Crippen LogP contribution is -2.34. The van der Waals surface area contributed by atoms with Crippen molar-refractivity contribution in [1.82, 2.24) is 5.32 Å². The normalized spacial score (nSPS) is 18.0. The van der Waals surface area contributed by atoms with Crippen LogP contribution < -0.4 is 10.1 Å². The summed E-state index contributed by atoms with van der Waals surface area (Å²) in [6, 6.07) is 5.52. The fourth-order valence-corrected chi connectivity index (χ4v) is 3.38. The van der Waals surface area contributed by atoms with Crippen molar-refractivity contribution in [3.8, 4) is 5.75 Å². The van der Waals surface area contributed by atoms with E-state index in [4.69, 9.17) is 0 Å². The molecule has 0 heterocycles. The molecular formula is C16H22BrF2NO. The number of benzene rings is 1. The van der Waals surface area contributed by atoms with Gasteiger partial charge in [-0.3, -0.25) is 0 Å². The Bertz CT molecular complexity index is 450. The maximum Gasteiger partial charge on any atom is 0.387 e. The van der Waals surface area contributed by atoms with Gasteiger partial charge in [0.1, 0.15) is 5.75 Å². The zero-order valence-electron chi connectivity index (χ0n) is 12.2. The van der Waals surface area contributed by atoms with E-state index in [1.165, 1.54) is 32.1 Å². The van der Waals surface area contributed by atoms with E-state index >= 15 is 0 Å². The van der Waals surface area contributed by atoms with Crippen molar-refractivity contribution < 1.29 is 13.5 Å². The highest BCUT2D eigenvalue weighted by atomic mass is 79.9. The molecule has 0 radical (unpaired) electrons. The molecule has 1 aliphatic rings. The second kappa shape index (κ2) is 8.08. The maximum absolute atomic E-state index is 12.4. The minimum Gasteiger partial charge on any atom is -0.434 e. The van der Waals surface area contributed by atoms with Crippen LogP contribution in [0.25, 0.3) is 0 Å². The van der Waals surface area contributed by atoms with Crippen molar-refractivity contribution >= 4 is 15.9 Å². The van der Waals surface area contributed by atoms with Gasteiger partial charge in [-0.2, -0.15) is 8.78 Å². The molecule has 2 nitrogen and oxygen atoms in total. The fourth-order valence-electron chi connectivity index (χ4n) is 2.97. The molecule has 1 aromatic carbocycles. The summed E-state index contributed by atoms with van der Waals surface area (Å²) in [5.74, 6) is 0.932. The summed E-state index contributed by atoms with van der Waals surface area (Å²) in [5.41, 5.74) is 0.757. The first-order valence-electron chi connectivity index (χ1n) is 7.53. The van der Waals surface area contributed by atoms with E-state index in [2.05, 4.69) is 32.9 Å². The maximum atomic E-state index is 12.4. The van der Waals surface area contributed by atoms with Gasteiger partial charge in [-0.25, -0.2) is 0 Å². The third-order valence-electron chi connectivity index (χ3n) is 4.21. The number of hydrogen-bond acceptors (Lipinski definition) is 2. The Hall–Kier alpha value is -0.680. The molecule has 0 aromatic heterocycles. The number of ether oxygens (including phenoxy) is 1. The Morgan fingerprint density at radius 3 is 2.67 bits per heavy atom. The van der Waals surface area contributed by atoms with E-state index in [9.17, 15) is 8.78 Å². The van der Waals surface area contributed by atoms with E-state index < -0.39 is 6.61 Å². The fraction of sp³-hybridized carbons (Fsp3) is 0.625. The lowest BCUT2D eigenvalue weighted by Gasteiger charge is -2.28. The summed E-state index contributed by atoms with van der Waals surface area (Å²) in [5, 5.41) is 3.46. The molecule has 1 unspecified atom stereocenters. The van der Waals surface area contributed by atoms with Crippen molar-refractivity contribution in [3.63, 3.8) is 0 Å². The summed E-state index contributed by atoms with van der Waals surface area (Å²) >= 11 is 3.38. The summed E-state index contributed by atoms with van der Waals surface area (Å²) in [7, 11) is 0. The lowest BCUT2D eigenvalue weighted by molar-refractivity contribution is -0.0505. The molecule has 1 N–H and O–H groups in total. The third-order valence-corrected chi connectivity index (χ3v) is 4.70. The van der Waals surface area contributed by atoms with Crippen LogP contribution in [-0.2, 0) is 6.54 Å². The first-order chi connectivity index (χ1) is 10.1. The number of halogens is 3. The van der Waals surface area contributed by atoms with Crippen LogP contribution in [-0.4, -0.2) is 12.7 Å². The number of nitrogens with one attached hydrogen (secondary N) is 1. The van der Waals surface area contributed by atoms with Crippen LogP contribution in [0.15, 0.2) is 22.7 Å². The van der Waals surface area contributed by atoms with E-state index in [0.29, 0.717) is 18.5 Å². The van der Waals surface area contributed by atoms with Gasteiger partial charge >= 0.3 is 6.61 Å². The monoisotopic (exact) mass is 361 g/mol. The molecule has 118 valence electrons. The first-order valence-corrected chi connectivity index (χ1v) is 8.32. The van der Waals surface area contributed by atoms with Gasteiger partial charge < -0.3 is 10.1 Å². The van der Waals surface area contributed by atoms with Crippen LogP contribution in [0.3, 0.4) is 0 Å². The summed E-state index contributed by atoms with van der Waals surface area (Å²) in [6.07, 6.45) is 6.45.